The maximum absolute atomic E-state index is 12.7. The number of aromatic nitrogens is 2. The van der Waals surface area contributed by atoms with Gasteiger partial charge in [0.15, 0.2) is 0 Å². The van der Waals surface area contributed by atoms with Gasteiger partial charge in [0.05, 0.1) is 6.54 Å². The Kier molecular flexibility index (Phi) is 5.12. The van der Waals surface area contributed by atoms with Crippen molar-refractivity contribution < 1.29 is 14.4 Å². The summed E-state index contributed by atoms with van der Waals surface area (Å²) in [5.74, 6) is -0.0129. The van der Waals surface area contributed by atoms with Gasteiger partial charge in [-0.1, -0.05) is 19.3 Å². The molecule has 10 nitrogen and oxygen atoms in total. The van der Waals surface area contributed by atoms with Crippen LogP contribution in [-0.4, -0.2) is 76.0 Å². The number of imide groups is 1. The van der Waals surface area contributed by atoms with Gasteiger partial charge in [-0.05, 0) is 18.9 Å². The SMILES string of the molecule is O=C(CN1CCN(c2ncccn2)CC1)NN1C(=O)NC2(CCCCC2)C1=O. The lowest BCUT2D eigenvalue weighted by Crippen LogP contribution is -2.54. The summed E-state index contributed by atoms with van der Waals surface area (Å²) >= 11 is 0. The highest BCUT2D eigenvalue weighted by atomic mass is 16.2. The molecule has 0 radical (unpaired) electrons. The highest BCUT2D eigenvalue weighted by Gasteiger charge is 2.52. The molecular weight excluding hydrogens is 362 g/mol. The zero-order valence-electron chi connectivity index (χ0n) is 15.8. The second-order valence-corrected chi connectivity index (χ2v) is 7.56. The molecule has 150 valence electrons. The molecule has 3 aliphatic rings. The average molecular weight is 387 g/mol. The molecule has 1 aromatic heterocycles. The molecule has 0 atom stereocenters. The van der Waals surface area contributed by atoms with Crippen molar-refractivity contribution in [3.05, 3.63) is 18.5 Å². The number of rotatable bonds is 4. The van der Waals surface area contributed by atoms with Crippen LogP contribution in [0.4, 0.5) is 10.7 Å². The van der Waals surface area contributed by atoms with E-state index in [4.69, 9.17) is 0 Å². The number of hydrogen-bond donors (Lipinski definition) is 2. The third-order valence-corrected chi connectivity index (χ3v) is 5.68. The summed E-state index contributed by atoms with van der Waals surface area (Å²) in [7, 11) is 0. The lowest BCUT2D eigenvalue weighted by atomic mass is 9.82. The Hall–Kier alpha value is -2.75. The Labute approximate surface area is 163 Å². The van der Waals surface area contributed by atoms with Gasteiger partial charge in [-0.2, -0.15) is 5.01 Å². The predicted molar refractivity (Wildman–Crippen MR) is 100 cm³/mol. The first-order valence-corrected chi connectivity index (χ1v) is 9.78. The van der Waals surface area contributed by atoms with E-state index >= 15 is 0 Å². The van der Waals surface area contributed by atoms with Gasteiger partial charge in [0.2, 0.25) is 5.95 Å². The number of hydrazine groups is 1. The van der Waals surface area contributed by atoms with Crippen molar-refractivity contribution in [3.8, 4) is 0 Å². The third kappa shape index (κ3) is 3.64. The van der Waals surface area contributed by atoms with Crippen molar-refractivity contribution in [2.24, 2.45) is 0 Å². The van der Waals surface area contributed by atoms with E-state index in [0.717, 1.165) is 24.3 Å². The summed E-state index contributed by atoms with van der Waals surface area (Å²) in [5.41, 5.74) is 1.66. The van der Waals surface area contributed by atoms with Crippen LogP contribution >= 0.6 is 0 Å². The lowest BCUT2D eigenvalue weighted by Gasteiger charge is -2.34. The summed E-state index contributed by atoms with van der Waals surface area (Å²) in [4.78, 5) is 49.9. The van der Waals surface area contributed by atoms with E-state index in [1.165, 1.54) is 0 Å². The molecule has 0 aromatic carbocycles. The van der Waals surface area contributed by atoms with Crippen LogP contribution in [-0.2, 0) is 9.59 Å². The summed E-state index contributed by atoms with van der Waals surface area (Å²) < 4.78 is 0. The second kappa shape index (κ2) is 7.70. The van der Waals surface area contributed by atoms with Crippen LogP contribution in [0.25, 0.3) is 0 Å². The smallest absolute Gasteiger partial charge is 0.338 e. The van der Waals surface area contributed by atoms with E-state index in [-0.39, 0.29) is 18.4 Å². The van der Waals surface area contributed by atoms with Gasteiger partial charge in [0.1, 0.15) is 5.54 Å². The van der Waals surface area contributed by atoms with E-state index in [9.17, 15) is 14.4 Å². The zero-order valence-corrected chi connectivity index (χ0v) is 15.8. The summed E-state index contributed by atoms with van der Waals surface area (Å²) in [6, 6.07) is 1.24. The molecule has 10 heteroatoms. The Bertz CT molecular complexity index is 743. The fraction of sp³-hybridized carbons (Fsp3) is 0.611. The number of hydrogen-bond acceptors (Lipinski definition) is 7. The average Bonchev–Trinajstić information content (AvgIpc) is 2.93. The van der Waals surface area contributed by atoms with Gasteiger partial charge in [-0.25, -0.2) is 14.8 Å². The van der Waals surface area contributed by atoms with Crippen molar-refractivity contribution in [1.82, 2.24) is 30.6 Å². The minimum atomic E-state index is -0.829. The van der Waals surface area contributed by atoms with E-state index in [1.807, 2.05) is 4.90 Å². The summed E-state index contributed by atoms with van der Waals surface area (Å²) in [5, 5.41) is 3.65. The Morgan fingerprint density at radius 2 is 1.75 bits per heavy atom. The van der Waals surface area contributed by atoms with Crippen LogP contribution in [0.2, 0.25) is 0 Å². The number of urea groups is 1. The first kappa shape index (κ1) is 18.6. The Balaban J connectivity index is 1.28. The molecule has 2 aliphatic heterocycles. The van der Waals surface area contributed by atoms with Crippen LogP contribution in [0.15, 0.2) is 18.5 Å². The number of anilines is 1. The van der Waals surface area contributed by atoms with Crippen LogP contribution in [0.3, 0.4) is 0 Å². The minimum Gasteiger partial charge on any atom is -0.338 e. The standard InChI is InChI=1S/C18H25N7O3/c26-14(13-23-9-11-24(12-10-23)16-19-7-4-8-20-16)22-25-15(27)18(21-17(25)28)5-2-1-3-6-18/h4,7-8H,1-3,5-6,9-13H2,(H,21,28)(H,22,26). The van der Waals surface area contributed by atoms with Crippen LogP contribution in [0.5, 0.6) is 0 Å². The molecule has 4 amide bonds. The Morgan fingerprint density at radius 3 is 2.43 bits per heavy atom. The van der Waals surface area contributed by atoms with Gasteiger partial charge in [0.25, 0.3) is 11.8 Å². The van der Waals surface area contributed by atoms with Crippen LogP contribution in [0.1, 0.15) is 32.1 Å². The highest BCUT2D eigenvalue weighted by molar-refractivity contribution is 6.08. The molecule has 0 bridgehead atoms. The van der Waals surface area contributed by atoms with Crippen molar-refractivity contribution in [2.75, 3.05) is 37.6 Å². The first-order chi connectivity index (χ1) is 13.6. The van der Waals surface area contributed by atoms with E-state index < -0.39 is 11.6 Å². The monoisotopic (exact) mass is 387 g/mol. The van der Waals surface area contributed by atoms with E-state index in [2.05, 4.69) is 25.6 Å². The second-order valence-electron chi connectivity index (χ2n) is 7.56. The highest BCUT2D eigenvalue weighted by Crippen LogP contribution is 2.32. The predicted octanol–water partition coefficient (Wildman–Crippen LogP) is -0.115. The fourth-order valence-corrected chi connectivity index (χ4v) is 4.14. The molecule has 0 unspecified atom stereocenters. The van der Waals surface area contributed by atoms with Gasteiger partial charge in [-0.15, -0.1) is 0 Å². The molecule has 28 heavy (non-hydrogen) atoms. The van der Waals surface area contributed by atoms with Crippen molar-refractivity contribution in [3.63, 3.8) is 0 Å². The van der Waals surface area contributed by atoms with Gasteiger partial charge < -0.3 is 10.2 Å². The van der Waals surface area contributed by atoms with Crippen molar-refractivity contribution in [1.29, 1.82) is 0 Å². The maximum Gasteiger partial charge on any atom is 0.344 e. The lowest BCUT2D eigenvalue weighted by molar-refractivity contribution is -0.140. The molecule has 2 N–H and O–H groups in total. The molecule has 1 aliphatic carbocycles. The molecule has 2 saturated heterocycles. The fourth-order valence-electron chi connectivity index (χ4n) is 4.14. The first-order valence-electron chi connectivity index (χ1n) is 9.78. The molecule has 1 spiro atoms. The molecule has 4 rings (SSSR count). The summed E-state index contributed by atoms with van der Waals surface area (Å²) in [6.45, 7) is 2.91. The van der Waals surface area contributed by atoms with E-state index in [0.29, 0.717) is 45.0 Å². The normalized spacial score (nSPS) is 22.4. The largest absolute Gasteiger partial charge is 0.344 e. The van der Waals surface area contributed by atoms with Gasteiger partial charge >= 0.3 is 6.03 Å². The molecule has 3 heterocycles. The van der Waals surface area contributed by atoms with Crippen LogP contribution < -0.4 is 15.6 Å². The number of piperazine rings is 1. The van der Waals surface area contributed by atoms with Gasteiger partial charge in [0, 0.05) is 38.6 Å². The molecule has 3 fully saturated rings. The van der Waals surface area contributed by atoms with Crippen LogP contribution in [0, 0.1) is 0 Å². The molecule has 1 aromatic rings. The Morgan fingerprint density at radius 1 is 1.07 bits per heavy atom. The number of nitrogens with zero attached hydrogens (tertiary/aromatic N) is 5. The number of amides is 4. The number of nitrogens with one attached hydrogen (secondary N) is 2. The number of carbonyl (C=O) groups is 3. The topological polar surface area (TPSA) is 111 Å². The quantitative estimate of drug-likeness (QED) is 0.693. The van der Waals surface area contributed by atoms with Crippen molar-refractivity contribution >= 4 is 23.8 Å². The minimum absolute atomic E-state index is 0.132. The molecular formula is C18H25N7O3. The third-order valence-electron chi connectivity index (χ3n) is 5.68. The number of carbonyl (C=O) groups excluding carboxylic acids is 3. The summed E-state index contributed by atoms with van der Waals surface area (Å²) in [6.07, 6.45) is 7.56. The maximum atomic E-state index is 12.7. The van der Waals surface area contributed by atoms with Gasteiger partial charge in [-0.3, -0.25) is 19.9 Å². The molecule has 1 saturated carbocycles. The van der Waals surface area contributed by atoms with Crippen molar-refractivity contribution in [2.45, 2.75) is 37.6 Å². The van der Waals surface area contributed by atoms with E-state index in [1.54, 1.807) is 18.5 Å². The zero-order chi connectivity index (χ0) is 19.6.